The third-order valence-corrected chi connectivity index (χ3v) is 2.47. The van der Waals surface area contributed by atoms with Crippen molar-refractivity contribution in [3.8, 4) is 0 Å². The van der Waals surface area contributed by atoms with E-state index in [0.717, 1.165) is 0 Å². The van der Waals surface area contributed by atoms with Crippen LogP contribution in [0, 0.1) is 5.92 Å². The van der Waals surface area contributed by atoms with Gasteiger partial charge < -0.3 is 15.0 Å². The molecule has 1 unspecified atom stereocenters. The molecule has 0 aromatic heterocycles. The predicted octanol–water partition coefficient (Wildman–Crippen LogP) is 0.642. The highest BCUT2D eigenvalue weighted by atomic mass is 16.5. The average Bonchev–Trinajstić information content (AvgIpc) is 2.26. The molecule has 0 rings (SSSR count). The van der Waals surface area contributed by atoms with E-state index in [0.29, 0.717) is 25.6 Å². The van der Waals surface area contributed by atoms with E-state index in [1.165, 1.54) is 7.11 Å². The molecule has 0 aliphatic rings. The topological polar surface area (TPSA) is 58.6 Å². The van der Waals surface area contributed by atoms with Gasteiger partial charge in [-0.3, -0.25) is 9.59 Å². The Labute approximate surface area is 103 Å². The molecule has 0 aliphatic carbocycles. The summed E-state index contributed by atoms with van der Waals surface area (Å²) in [7, 11) is 3.06. The number of carbonyl (C=O) groups excluding carboxylic acids is 2. The second-order valence-electron chi connectivity index (χ2n) is 4.56. The lowest BCUT2D eigenvalue weighted by Gasteiger charge is -2.20. The predicted molar refractivity (Wildman–Crippen MR) is 66.6 cm³/mol. The zero-order chi connectivity index (χ0) is 13.4. The summed E-state index contributed by atoms with van der Waals surface area (Å²) in [6.07, 6.45) is 0.447. The van der Waals surface area contributed by atoms with Crippen molar-refractivity contribution >= 4 is 11.9 Å². The number of carbonyl (C=O) groups is 2. The molecule has 5 heteroatoms. The molecule has 0 heterocycles. The van der Waals surface area contributed by atoms with E-state index >= 15 is 0 Å². The molecular formula is C12H24N2O3. The molecule has 17 heavy (non-hydrogen) atoms. The number of amides is 1. The molecule has 0 radical (unpaired) electrons. The smallest absolute Gasteiger partial charge is 0.310 e. The van der Waals surface area contributed by atoms with Gasteiger partial charge in [-0.05, 0) is 0 Å². The molecule has 0 aromatic carbocycles. The standard InChI is InChI=1S/C12H24N2O3/c1-9(2)13-7-6-11(15)14(4)8-10(3)12(16)17-5/h9-10,13H,6-8H2,1-5H3. The Bertz CT molecular complexity index is 254. The quantitative estimate of drug-likeness (QED) is 0.668. The molecule has 0 aromatic rings. The molecule has 1 N–H and O–H groups in total. The Morgan fingerprint density at radius 2 is 1.88 bits per heavy atom. The van der Waals surface area contributed by atoms with Gasteiger partial charge in [-0.25, -0.2) is 0 Å². The zero-order valence-corrected chi connectivity index (χ0v) is 11.4. The van der Waals surface area contributed by atoms with Gasteiger partial charge in [0.25, 0.3) is 0 Å². The summed E-state index contributed by atoms with van der Waals surface area (Å²) < 4.78 is 4.62. The van der Waals surface area contributed by atoms with E-state index in [1.54, 1.807) is 18.9 Å². The first kappa shape index (κ1) is 15.9. The van der Waals surface area contributed by atoms with Crippen molar-refractivity contribution in [1.29, 1.82) is 0 Å². The Morgan fingerprint density at radius 3 is 2.35 bits per heavy atom. The number of ether oxygens (including phenoxy) is 1. The fraction of sp³-hybridized carbons (Fsp3) is 0.833. The van der Waals surface area contributed by atoms with Gasteiger partial charge in [0.1, 0.15) is 0 Å². The van der Waals surface area contributed by atoms with Crippen LogP contribution in [-0.2, 0) is 14.3 Å². The summed E-state index contributed by atoms with van der Waals surface area (Å²) in [6.45, 7) is 6.88. The van der Waals surface area contributed by atoms with Gasteiger partial charge in [0, 0.05) is 32.6 Å². The van der Waals surface area contributed by atoms with Gasteiger partial charge in [0.2, 0.25) is 5.91 Å². The molecule has 0 saturated carbocycles. The minimum Gasteiger partial charge on any atom is -0.469 e. The first-order chi connectivity index (χ1) is 7.88. The van der Waals surface area contributed by atoms with Crippen LogP contribution in [0.15, 0.2) is 0 Å². The lowest BCUT2D eigenvalue weighted by molar-refractivity contribution is -0.146. The first-order valence-electron chi connectivity index (χ1n) is 5.93. The van der Waals surface area contributed by atoms with Crippen molar-refractivity contribution < 1.29 is 14.3 Å². The van der Waals surface area contributed by atoms with Gasteiger partial charge in [0.05, 0.1) is 13.0 Å². The maximum atomic E-state index is 11.7. The molecule has 1 atom stereocenters. The van der Waals surface area contributed by atoms with E-state index in [1.807, 2.05) is 13.8 Å². The van der Waals surface area contributed by atoms with Crippen molar-refractivity contribution in [2.24, 2.45) is 5.92 Å². The third-order valence-electron chi connectivity index (χ3n) is 2.47. The van der Waals surface area contributed by atoms with Crippen molar-refractivity contribution in [1.82, 2.24) is 10.2 Å². The van der Waals surface area contributed by atoms with Crippen LogP contribution in [0.2, 0.25) is 0 Å². The highest BCUT2D eigenvalue weighted by Gasteiger charge is 2.18. The Hall–Kier alpha value is -1.10. The summed E-state index contributed by atoms with van der Waals surface area (Å²) >= 11 is 0. The molecule has 0 saturated heterocycles. The van der Waals surface area contributed by atoms with Gasteiger partial charge in [-0.15, -0.1) is 0 Å². The van der Waals surface area contributed by atoms with Crippen LogP contribution in [-0.4, -0.2) is 50.1 Å². The van der Waals surface area contributed by atoms with Gasteiger partial charge in [-0.2, -0.15) is 0 Å². The average molecular weight is 244 g/mol. The van der Waals surface area contributed by atoms with Crippen molar-refractivity contribution in [2.45, 2.75) is 33.2 Å². The Balaban J connectivity index is 3.93. The largest absolute Gasteiger partial charge is 0.469 e. The number of methoxy groups -OCH3 is 1. The lowest BCUT2D eigenvalue weighted by atomic mass is 10.1. The van der Waals surface area contributed by atoms with Crippen LogP contribution >= 0.6 is 0 Å². The lowest BCUT2D eigenvalue weighted by Crippen LogP contribution is -2.36. The molecule has 5 nitrogen and oxygen atoms in total. The van der Waals surface area contributed by atoms with Crippen LogP contribution in [0.3, 0.4) is 0 Å². The van der Waals surface area contributed by atoms with E-state index < -0.39 is 0 Å². The maximum absolute atomic E-state index is 11.7. The summed E-state index contributed by atoms with van der Waals surface area (Å²) in [4.78, 5) is 24.5. The van der Waals surface area contributed by atoms with Crippen molar-refractivity contribution in [2.75, 3.05) is 27.2 Å². The molecule has 0 bridgehead atoms. The van der Waals surface area contributed by atoms with E-state index in [9.17, 15) is 9.59 Å². The van der Waals surface area contributed by atoms with Gasteiger partial charge >= 0.3 is 5.97 Å². The normalized spacial score (nSPS) is 12.4. The summed E-state index contributed by atoms with van der Waals surface area (Å²) in [6, 6.07) is 0.377. The zero-order valence-electron chi connectivity index (χ0n) is 11.4. The minimum absolute atomic E-state index is 0.0360. The molecule has 0 aliphatic heterocycles. The number of hydrogen-bond acceptors (Lipinski definition) is 4. The van der Waals surface area contributed by atoms with Crippen molar-refractivity contribution in [3.63, 3.8) is 0 Å². The second-order valence-corrected chi connectivity index (χ2v) is 4.56. The maximum Gasteiger partial charge on any atom is 0.310 e. The van der Waals surface area contributed by atoms with Crippen molar-refractivity contribution in [3.05, 3.63) is 0 Å². The Kier molecular flexibility index (Phi) is 7.54. The Morgan fingerprint density at radius 1 is 1.29 bits per heavy atom. The second kappa shape index (κ2) is 8.06. The minimum atomic E-state index is -0.287. The number of rotatable bonds is 7. The summed E-state index contributed by atoms with van der Waals surface area (Å²) in [5.41, 5.74) is 0. The van der Waals surface area contributed by atoms with Crippen LogP contribution < -0.4 is 5.32 Å². The SMILES string of the molecule is COC(=O)C(C)CN(C)C(=O)CCNC(C)C. The fourth-order valence-corrected chi connectivity index (χ4v) is 1.45. The molecule has 0 fully saturated rings. The fourth-order valence-electron chi connectivity index (χ4n) is 1.45. The van der Waals surface area contributed by atoms with Crippen LogP contribution in [0.4, 0.5) is 0 Å². The van der Waals surface area contributed by atoms with E-state index in [4.69, 9.17) is 0 Å². The van der Waals surface area contributed by atoms with Crippen LogP contribution in [0.5, 0.6) is 0 Å². The third kappa shape index (κ3) is 6.94. The number of esters is 1. The highest BCUT2D eigenvalue weighted by molar-refractivity contribution is 5.77. The summed E-state index contributed by atoms with van der Waals surface area (Å²) in [5, 5.41) is 3.18. The van der Waals surface area contributed by atoms with Crippen LogP contribution in [0.25, 0.3) is 0 Å². The molecule has 100 valence electrons. The monoisotopic (exact) mass is 244 g/mol. The number of hydrogen-bond donors (Lipinski definition) is 1. The van der Waals surface area contributed by atoms with Gasteiger partial charge in [0.15, 0.2) is 0 Å². The highest BCUT2D eigenvalue weighted by Crippen LogP contribution is 2.02. The summed E-state index contributed by atoms with van der Waals surface area (Å²) in [5.74, 6) is -0.536. The van der Waals surface area contributed by atoms with Crippen LogP contribution in [0.1, 0.15) is 27.2 Å². The molecular weight excluding hydrogens is 220 g/mol. The van der Waals surface area contributed by atoms with E-state index in [-0.39, 0.29) is 17.8 Å². The van der Waals surface area contributed by atoms with E-state index in [2.05, 4.69) is 10.1 Å². The number of nitrogens with zero attached hydrogens (tertiary/aromatic N) is 1. The van der Waals surface area contributed by atoms with Gasteiger partial charge in [-0.1, -0.05) is 20.8 Å². The molecule has 0 spiro atoms. The molecule has 1 amide bonds. The first-order valence-corrected chi connectivity index (χ1v) is 5.93. The number of nitrogens with one attached hydrogen (secondary N) is 1.